The Morgan fingerprint density at radius 1 is 1.47 bits per heavy atom. The molecule has 2 rings (SSSR count). The van der Waals surface area contributed by atoms with E-state index in [1.54, 1.807) is 19.2 Å². The van der Waals surface area contributed by atoms with E-state index in [9.17, 15) is 9.59 Å². The first-order valence-electron chi connectivity index (χ1n) is 5.52. The fourth-order valence-electron chi connectivity index (χ4n) is 2.02. The van der Waals surface area contributed by atoms with Gasteiger partial charge in [-0.05, 0) is 37.2 Å². The zero-order chi connectivity index (χ0) is 12.4. The van der Waals surface area contributed by atoms with Crippen molar-refractivity contribution in [1.29, 1.82) is 0 Å². The molecule has 0 fully saturated rings. The lowest BCUT2D eigenvalue weighted by molar-refractivity contribution is -0.126. The van der Waals surface area contributed by atoms with Gasteiger partial charge in [-0.15, -0.1) is 0 Å². The van der Waals surface area contributed by atoms with Crippen LogP contribution in [0, 0.1) is 0 Å². The van der Waals surface area contributed by atoms with Gasteiger partial charge in [-0.25, -0.2) is 4.90 Å². The molecule has 3 N–H and O–H groups in total. The summed E-state index contributed by atoms with van der Waals surface area (Å²) in [6.07, 6.45) is 0.994. The maximum Gasteiger partial charge on any atom is 0.247 e. The molecular formula is C12H15N3O2. The zero-order valence-electron chi connectivity index (χ0n) is 9.69. The summed E-state index contributed by atoms with van der Waals surface area (Å²) in [6, 6.07) is 5.26. The summed E-state index contributed by atoms with van der Waals surface area (Å²) in [5.74, 6) is -0.384. The molecule has 0 unspecified atom stereocenters. The van der Waals surface area contributed by atoms with Gasteiger partial charge in [-0.3, -0.25) is 9.59 Å². The van der Waals surface area contributed by atoms with Crippen molar-refractivity contribution in [2.75, 3.05) is 24.2 Å². The Morgan fingerprint density at radius 2 is 2.24 bits per heavy atom. The first-order chi connectivity index (χ1) is 8.13. The van der Waals surface area contributed by atoms with Crippen LogP contribution in [0.4, 0.5) is 11.4 Å². The van der Waals surface area contributed by atoms with E-state index in [4.69, 9.17) is 5.73 Å². The van der Waals surface area contributed by atoms with Crippen molar-refractivity contribution in [2.45, 2.75) is 12.8 Å². The Morgan fingerprint density at radius 3 is 2.94 bits per heavy atom. The first-order valence-corrected chi connectivity index (χ1v) is 5.52. The summed E-state index contributed by atoms with van der Waals surface area (Å²) >= 11 is 0. The number of nitrogen functional groups attached to an aromatic ring is 1. The molecule has 0 aromatic heterocycles. The van der Waals surface area contributed by atoms with Gasteiger partial charge >= 0.3 is 0 Å². The van der Waals surface area contributed by atoms with E-state index in [1.807, 2.05) is 6.07 Å². The highest BCUT2D eigenvalue weighted by molar-refractivity contribution is 6.17. The molecule has 0 aliphatic carbocycles. The van der Waals surface area contributed by atoms with Crippen molar-refractivity contribution in [3.63, 3.8) is 0 Å². The Hall–Kier alpha value is -1.88. The van der Waals surface area contributed by atoms with Crippen molar-refractivity contribution in [3.05, 3.63) is 23.8 Å². The number of amides is 2. The molecular weight excluding hydrogens is 218 g/mol. The zero-order valence-corrected chi connectivity index (χ0v) is 9.69. The number of imide groups is 1. The summed E-state index contributed by atoms with van der Waals surface area (Å²) in [7, 11) is 1.68. The van der Waals surface area contributed by atoms with Gasteiger partial charge in [-0.2, -0.15) is 0 Å². The largest absolute Gasteiger partial charge is 0.399 e. The fourth-order valence-corrected chi connectivity index (χ4v) is 2.02. The number of benzene rings is 1. The number of fused-ring (bicyclic) bond motifs is 1. The molecule has 2 amide bonds. The third kappa shape index (κ3) is 2.14. The Kier molecular flexibility index (Phi) is 3.10. The standard InChI is InChI=1S/C12H15N3O2/c1-14-7-12(17)15-10-4-3-9(13)6-8(10)2-5-11(15)16/h3-4,6,14H,2,5,7,13H2,1H3. The number of carbonyl (C=O) groups is 2. The number of nitrogens with zero attached hydrogens (tertiary/aromatic N) is 1. The van der Waals surface area contributed by atoms with Crippen LogP contribution in [0.25, 0.3) is 0 Å². The van der Waals surface area contributed by atoms with E-state index >= 15 is 0 Å². The van der Waals surface area contributed by atoms with E-state index in [1.165, 1.54) is 4.90 Å². The molecule has 0 spiro atoms. The number of carbonyl (C=O) groups excluding carboxylic acids is 2. The van der Waals surface area contributed by atoms with Crippen molar-refractivity contribution < 1.29 is 9.59 Å². The van der Waals surface area contributed by atoms with Crippen LogP contribution in [0.3, 0.4) is 0 Å². The average Bonchev–Trinajstić information content (AvgIpc) is 2.29. The van der Waals surface area contributed by atoms with Gasteiger partial charge in [0.25, 0.3) is 0 Å². The highest BCUT2D eigenvalue weighted by Gasteiger charge is 2.28. The smallest absolute Gasteiger partial charge is 0.247 e. The van der Waals surface area contributed by atoms with E-state index in [2.05, 4.69) is 5.32 Å². The van der Waals surface area contributed by atoms with Gasteiger partial charge in [-0.1, -0.05) is 0 Å². The summed E-state index contributed by atoms with van der Waals surface area (Å²) in [4.78, 5) is 24.9. The van der Waals surface area contributed by atoms with E-state index in [0.29, 0.717) is 24.2 Å². The molecule has 0 radical (unpaired) electrons. The molecule has 1 heterocycles. The maximum absolute atomic E-state index is 11.9. The molecule has 17 heavy (non-hydrogen) atoms. The second-order valence-corrected chi connectivity index (χ2v) is 4.04. The fraction of sp³-hybridized carbons (Fsp3) is 0.333. The van der Waals surface area contributed by atoms with E-state index < -0.39 is 0 Å². The molecule has 1 aliphatic rings. The lowest BCUT2D eigenvalue weighted by atomic mass is 10.0. The topological polar surface area (TPSA) is 75.4 Å². The molecule has 0 saturated carbocycles. The number of aryl methyl sites for hydroxylation is 1. The van der Waals surface area contributed by atoms with Crippen molar-refractivity contribution >= 4 is 23.2 Å². The van der Waals surface area contributed by atoms with Gasteiger partial charge in [0.2, 0.25) is 11.8 Å². The Labute approximate surface area is 99.6 Å². The Bertz CT molecular complexity index is 471. The van der Waals surface area contributed by atoms with E-state index in [0.717, 1.165) is 5.56 Å². The third-order valence-electron chi connectivity index (χ3n) is 2.78. The molecule has 1 aromatic carbocycles. The highest BCUT2D eigenvalue weighted by atomic mass is 16.2. The summed E-state index contributed by atoms with van der Waals surface area (Å²) < 4.78 is 0. The Balaban J connectivity index is 2.40. The molecule has 0 bridgehead atoms. The predicted octanol–water partition coefficient (Wildman–Crippen LogP) is 0.294. The van der Waals surface area contributed by atoms with Crippen LogP contribution >= 0.6 is 0 Å². The lowest BCUT2D eigenvalue weighted by Crippen LogP contribution is -2.44. The average molecular weight is 233 g/mol. The van der Waals surface area contributed by atoms with Gasteiger partial charge in [0.1, 0.15) is 0 Å². The predicted molar refractivity (Wildman–Crippen MR) is 65.6 cm³/mol. The van der Waals surface area contributed by atoms with Crippen LogP contribution in [0.5, 0.6) is 0 Å². The van der Waals surface area contributed by atoms with Crippen LogP contribution in [-0.2, 0) is 16.0 Å². The van der Waals surface area contributed by atoms with E-state index in [-0.39, 0.29) is 18.4 Å². The lowest BCUT2D eigenvalue weighted by Gasteiger charge is -2.27. The number of likely N-dealkylation sites (N-methyl/N-ethyl adjacent to an activating group) is 1. The third-order valence-corrected chi connectivity index (χ3v) is 2.78. The van der Waals surface area contributed by atoms with Crippen LogP contribution in [-0.4, -0.2) is 25.4 Å². The molecule has 0 saturated heterocycles. The van der Waals surface area contributed by atoms with Gasteiger partial charge in [0.15, 0.2) is 0 Å². The first kappa shape index (κ1) is 11.6. The summed E-state index contributed by atoms with van der Waals surface area (Å²) in [5, 5.41) is 2.76. The minimum absolute atomic E-state index is 0.148. The monoisotopic (exact) mass is 233 g/mol. The number of rotatable bonds is 2. The molecule has 5 heteroatoms. The van der Waals surface area contributed by atoms with Gasteiger partial charge in [0, 0.05) is 12.1 Å². The highest BCUT2D eigenvalue weighted by Crippen LogP contribution is 2.29. The molecule has 1 aliphatic heterocycles. The normalized spacial score (nSPS) is 14.6. The minimum Gasteiger partial charge on any atom is -0.399 e. The van der Waals surface area contributed by atoms with Crippen LogP contribution in [0.2, 0.25) is 0 Å². The maximum atomic E-state index is 11.9. The SMILES string of the molecule is CNCC(=O)N1C(=O)CCc2cc(N)ccc21. The number of nitrogens with two attached hydrogens (primary N) is 1. The molecule has 90 valence electrons. The number of nitrogens with one attached hydrogen (secondary N) is 1. The molecule has 5 nitrogen and oxygen atoms in total. The molecule has 1 aromatic rings. The number of anilines is 2. The molecule has 0 atom stereocenters. The van der Waals surface area contributed by atoms with Crippen molar-refractivity contribution in [1.82, 2.24) is 5.32 Å². The second-order valence-electron chi connectivity index (χ2n) is 4.04. The minimum atomic E-state index is -0.233. The second kappa shape index (κ2) is 4.55. The van der Waals surface area contributed by atoms with Crippen LogP contribution in [0.15, 0.2) is 18.2 Å². The van der Waals surface area contributed by atoms with Gasteiger partial charge < -0.3 is 11.1 Å². The summed E-state index contributed by atoms with van der Waals surface area (Å²) in [5.41, 5.74) is 7.96. The number of hydrogen-bond donors (Lipinski definition) is 2. The van der Waals surface area contributed by atoms with Crippen molar-refractivity contribution in [3.8, 4) is 0 Å². The number of hydrogen-bond acceptors (Lipinski definition) is 4. The van der Waals surface area contributed by atoms with Crippen LogP contribution in [0.1, 0.15) is 12.0 Å². The van der Waals surface area contributed by atoms with Crippen molar-refractivity contribution in [2.24, 2.45) is 0 Å². The quantitative estimate of drug-likeness (QED) is 0.720. The summed E-state index contributed by atoms with van der Waals surface area (Å²) in [6.45, 7) is 0.148. The van der Waals surface area contributed by atoms with Crippen LogP contribution < -0.4 is 16.0 Å². The van der Waals surface area contributed by atoms with Gasteiger partial charge in [0.05, 0.1) is 12.2 Å².